The van der Waals surface area contributed by atoms with E-state index in [4.69, 9.17) is 4.74 Å². The summed E-state index contributed by atoms with van der Waals surface area (Å²) in [6, 6.07) is 9.26. The highest BCUT2D eigenvalue weighted by molar-refractivity contribution is 5.70. The average Bonchev–Trinajstić information content (AvgIpc) is 2.91. The van der Waals surface area contributed by atoms with Gasteiger partial charge in [-0.1, -0.05) is 0 Å². The first kappa shape index (κ1) is 20.6. The van der Waals surface area contributed by atoms with Crippen LogP contribution in [0, 0.1) is 0 Å². The maximum absolute atomic E-state index is 12.9. The van der Waals surface area contributed by atoms with Gasteiger partial charge in [-0.05, 0) is 30.3 Å². The van der Waals surface area contributed by atoms with Gasteiger partial charge in [0, 0.05) is 25.7 Å². The number of imidazole rings is 1. The minimum Gasteiger partial charge on any atom is -1.00 e. The second kappa shape index (κ2) is 7.48. The molecule has 0 saturated carbocycles. The molecular formula is C18H17ClF3N3O2. The van der Waals surface area contributed by atoms with E-state index in [2.05, 4.69) is 0 Å². The third-order valence-corrected chi connectivity index (χ3v) is 3.97. The number of hydrogen-bond donors (Lipinski definition) is 0. The molecule has 0 spiro atoms. The van der Waals surface area contributed by atoms with Crippen LogP contribution in [0.25, 0.3) is 16.9 Å². The summed E-state index contributed by atoms with van der Waals surface area (Å²) < 4.78 is 47.1. The van der Waals surface area contributed by atoms with Crippen molar-refractivity contribution in [1.29, 1.82) is 0 Å². The van der Waals surface area contributed by atoms with E-state index in [-0.39, 0.29) is 12.4 Å². The highest BCUT2D eigenvalue weighted by Gasteiger charge is 2.32. The molecule has 3 rings (SSSR count). The highest BCUT2D eigenvalue weighted by Crippen LogP contribution is 2.29. The summed E-state index contributed by atoms with van der Waals surface area (Å²) in [5.74, 6) is 0.387. The number of halogens is 4. The number of rotatable bonds is 2. The Balaban J connectivity index is 0.00000261. The Hall–Kier alpha value is -2.74. The van der Waals surface area contributed by atoms with Crippen molar-refractivity contribution >= 4 is 11.7 Å². The molecule has 5 nitrogen and oxygen atoms in total. The predicted molar refractivity (Wildman–Crippen MR) is 88.7 cm³/mol. The quantitative estimate of drug-likeness (QED) is 0.589. The summed E-state index contributed by atoms with van der Waals surface area (Å²) in [4.78, 5) is 12.9. The molecule has 0 aliphatic heterocycles. The van der Waals surface area contributed by atoms with Gasteiger partial charge in [-0.15, -0.1) is 0 Å². The zero-order chi connectivity index (χ0) is 19.1. The SMILES string of the molecule is CN(C)C(=O)Oc1ccc(-c2c[n+]3cc(C(F)(F)F)ccc3n2C)cc1.[Cl-]. The van der Waals surface area contributed by atoms with E-state index in [1.807, 2.05) is 0 Å². The first-order valence-corrected chi connectivity index (χ1v) is 7.74. The molecule has 0 unspecified atom stereocenters. The Labute approximate surface area is 160 Å². The van der Waals surface area contributed by atoms with Crippen molar-refractivity contribution in [2.75, 3.05) is 14.1 Å². The number of pyridine rings is 1. The summed E-state index contributed by atoms with van der Waals surface area (Å²) in [6.07, 6.45) is -2.19. The van der Waals surface area contributed by atoms with Crippen molar-refractivity contribution in [3.8, 4) is 17.0 Å². The van der Waals surface area contributed by atoms with Crippen molar-refractivity contribution in [1.82, 2.24) is 9.47 Å². The van der Waals surface area contributed by atoms with E-state index in [1.54, 1.807) is 56.2 Å². The van der Waals surface area contributed by atoms with E-state index in [0.717, 1.165) is 23.5 Å². The van der Waals surface area contributed by atoms with Crippen LogP contribution in [0.1, 0.15) is 5.56 Å². The molecule has 1 aromatic carbocycles. The Kier molecular flexibility index (Phi) is 5.70. The minimum atomic E-state index is -4.39. The summed E-state index contributed by atoms with van der Waals surface area (Å²) in [7, 11) is 4.94. The van der Waals surface area contributed by atoms with Gasteiger partial charge in [0.25, 0.3) is 5.65 Å². The van der Waals surface area contributed by atoms with Crippen molar-refractivity contribution in [2.24, 2.45) is 7.05 Å². The zero-order valence-electron chi connectivity index (χ0n) is 14.8. The minimum absolute atomic E-state index is 0. The molecule has 0 N–H and O–H groups in total. The summed E-state index contributed by atoms with van der Waals surface area (Å²) in [6.45, 7) is 0. The molecular weight excluding hydrogens is 383 g/mol. The number of ether oxygens (including phenoxy) is 1. The van der Waals surface area contributed by atoms with Crippen molar-refractivity contribution in [2.45, 2.75) is 6.18 Å². The number of aromatic nitrogens is 2. The smallest absolute Gasteiger partial charge is 0.419 e. The number of carbonyl (C=O) groups excluding carboxylic acids is 1. The lowest BCUT2D eigenvalue weighted by molar-refractivity contribution is -0.512. The normalized spacial score (nSPS) is 11.2. The van der Waals surface area contributed by atoms with Gasteiger partial charge in [-0.3, -0.25) is 0 Å². The molecule has 0 aliphatic carbocycles. The van der Waals surface area contributed by atoms with Gasteiger partial charge in [0.1, 0.15) is 18.1 Å². The first-order valence-electron chi connectivity index (χ1n) is 7.74. The van der Waals surface area contributed by atoms with Crippen LogP contribution in [0.3, 0.4) is 0 Å². The fraction of sp³-hybridized carbons (Fsp3) is 0.222. The molecule has 0 saturated heterocycles. The molecule has 0 fully saturated rings. The highest BCUT2D eigenvalue weighted by atomic mass is 35.5. The standard InChI is InChI=1S/C18H17F3N3O2.ClH/c1-22(2)17(25)26-14-7-4-12(5-8-14)15-11-24-10-13(18(19,20)21)6-9-16(24)23(15)3;/h4-11H,1-3H3;1H/q+1;/p-1. The molecule has 144 valence electrons. The second-order valence-electron chi connectivity index (χ2n) is 6.04. The zero-order valence-corrected chi connectivity index (χ0v) is 15.5. The lowest BCUT2D eigenvalue weighted by Crippen LogP contribution is -3.00. The third kappa shape index (κ3) is 4.16. The molecule has 0 atom stereocenters. The van der Waals surface area contributed by atoms with Gasteiger partial charge in [0.05, 0.1) is 12.6 Å². The van der Waals surface area contributed by atoms with Crippen LogP contribution in [-0.2, 0) is 13.2 Å². The van der Waals surface area contributed by atoms with E-state index in [9.17, 15) is 18.0 Å². The molecule has 2 heterocycles. The molecule has 2 aromatic heterocycles. The fourth-order valence-corrected chi connectivity index (χ4v) is 2.56. The Morgan fingerprint density at radius 2 is 1.70 bits per heavy atom. The first-order chi connectivity index (χ1) is 12.2. The van der Waals surface area contributed by atoms with Gasteiger partial charge < -0.3 is 22.0 Å². The second-order valence-corrected chi connectivity index (χ2v) is 6.04. The molecule has 3 aromatic rings. The number of benzene rings is 1. The maximum Gasteiger partial charge on any atom is 0.419 e. The number of amides is 1. The molecule has 27 heavy (non-hydrogen) atoms. The van der Waals surface area contributed by atoms with Crippen molar-refractivity contribution in [3.05, 3.63) is 54.4 Å². The molecule has 9 heteroatoms. The van der Waals surface area contributed by atoms with Crippen LogP contribution in [0.5, 0.6) is 5.75 Å². The molecule has 0 bridgehead atoms. The van der Waals surface area contributed by atoms with Crippen LogP contribution in [0.4, 0.5) is 18.0 Å². The monoisotopic (exact) mass is 399 g/mol. The Bertz CT molecular complexity index is 966. The maximum atomic E-state index is 12.9. The average molecular weight is 400 g/mol. The number of alkyl halides is 3. The fourth-order valence-electron chi connectivity index (χ4n) is 2.56. The Morgan fingerprint density at radius 3 is 2.26 bits per heavy atom. The molecule has 0 aliphatic rings. The lowest BCUT2D eigenvalue weighted by atomic mass is 10.1. The summed E-state index contributed by atoms with van der Waals surface area (Å²) in [5, 5.41) is 0. The predicted octanol–water partition coefficient (Wildman–Crippen LogP) is 0.514. The van der Waals surface area contributed by atoms with E-state index in [0.29, 0.717) is 11.4 Å². The van der Waals surface area contributed by atoms with Gasteiger partial charge in [0.2, 0.25) is 0 Å². The van der Waals surface area contributed by atoms with Crippen LogP contribution in [0.15, 0.2) is 48.8 Å². The largest absolute Gasteiger partial charge is 1.00 e. The van der Waals surface area contributed by atoms with Crippen LogP contribution in [-0.4, -0.2) is 29.7 Å². The van der Waals surface area contributed by atoms with E-state index >= 15 is 0 Å². The van der Waals surface area contributed by atoms with Crippen LogP contribution in [0.2, 0.25) is 0 Å². The van der Waals surface area contributed by atoms with E-state index < -0.39 is 17.8 Å². The number of carbonyl (C=O) groups is 1. The molecule has 1 amide bonds. The number of nitrogens with zero attached hydrogens (tertiary/aromatic N) is 3. The van der Waals surface area contributed by atoms with Gasteiger partial charge in [0.15, 0.2) is 5.69 Å². The van der Waals surface area contributed by atoms with Crippen molar-refractivity contribution in [3.63, 3.8) is 0 Å². The van der Waals surface area contributed by atoms with Gasteiger partial charge >= 0.3 is 12.3 Å². The Morgan fingerprint density at radius 1 is 1.07 bits per heavy atom. The van der Waals surface area contributed by atoms with Crippen LogP contribution < -0.4 is 21.5 Å². The van der Waals surface area contributed by atoms with Crippen molar-refractivity contribution < 1.29 is 39.5 Å². The summed E-state index contributed by atoms with van der Waals surface area (Å²) >= 11 is 0. The number of aryl methyl sites for hydroxylation is 1. The summed E-state index contributed by atoms with van der Waals surface area (Å²) in [5.41, 5.74) is 1.43. The van der Waals surface area contributed by atoms with Gasteiger partial charge in [-0.2, -0.15) is 13.2 Å². The third-order valence-electron chi connectivity index (χ3n) is 3.97. The lowest BCUT2D eigenvalue weighted by Gasteiger charge is -2.10. The van der Waals surface area contributed by atoms with Crippen LogP contribution >= 0.6 is 0 Å². The number of fused-ring (bicyclic) bond motifs is 1. The van der Waals surface area contributed by atoms with Gasteiger partial charge in [-0.25, -0.2) is 13.8 Å². The van der Waals surface area contributed by atoms with E-state index in [1.165, 1.54) is 15.4 Å². The molecule has 0 radical (unpaired) electrons. The topological polar surface area (TPSA) is 38.6 Å². The number of hydrogen-bond acceptors (Lipinski definition) is 2.